The molecule has 7 heteroatoms. The summed E-state index contributed by atoms with van der Waals surface area (Å²) in [6.07, 6.45) is 3.51. The van der Waals surface area contributed by atoms with Crippen LogP contribution in [0.1, 0.15) is 31.2 Å². The Morgan fingerprint density at radius 1 is 1.33 bits per heavy atom. The first kappa shape index (κ1) is 15.9. The molecule has 0 saturated carbocycles. The molecule has 2 rings (SSSR count). The SMILES string of the molecule is NS(=O)(=O)c1ccc(CNC(=O)CCC2CCCO2)cc1. The minimum atomic E-state index is -3.67. The molecule has 1 heterocycles. The van der Waals surface area contributed by atoms with Crippen LogP contribution in [-0.4, -0.2) is 27.0 Å². The second kappa shape index (κ2) is 7.02. The van der Waals surface area contributed by atoms with E-state index >= 15 is 0 Å². The van der Waals surface area contributed by atoms with Gasteiger partial charge >= 0.3 is 0 Å². The van der Waals surface area contributed by atoms with Gasteiger partial charge in [-0.15, -0.1) is 0 Å². The van der Waals surface area contributed by atoms with Gasteiger partial charge in [0.2, 0.25) is 15.9 Å². The van der Waals surface area contributed by atoms with Crippen molar-refractivity contribution in [2.24, 2.45) is 5.14 Å². The molecule has 0 spiro atoms. The molecule has 1 aliphatic heterocycles. The van der Waals surface area contributed by atoms with Crippen LogP contribution in [0.2, 0.25) is 0 Å². The molecule has 1 fully saturated rings. The fourth-order valence-electron chi connectivity index (χ4n) is 2.25. The molecule has 116 valence electrons. The second-order valence-electron chi connectivity index (χ2n) is 5.14. The van der Waals surface area contributed by atoms with Gasteiger partial charge in [0.25, 0.3) is 0 Å². The first-order valence-corrected chi connectivity index (χ1v) is 8.50. The highest BCUT2D eigenvalue weighted by Crippen LogP contribution is 2.16. The Bertz CT molecular complexity index is 577. The minimum absolute atomic E-state index is 0.0268. The van der Waals surface area contributed by atoms with Crippen molar-refractivity contribution in [1.29, 1.82) is 0 Å². The topological polar surface area (TPSA) is 98.5 Å². The van der Waals surface area contributed by atoms with Crippen LogP contribution >= 0.6 is 0 Å². The number of carbonyl (C=O) groups is 1. The highest BCUT2D eigenvalue weighted by atomic mass is 32.2. The van der Waals surface area contributed by atoms with Crippen LogP contribution in [0.4, 0.5) is 0 Å². The number of nitrogens with one attached hydrogen (secondary N) is 1. The molecule has 21 heavy (non-hydrogen) atoms. The number of hydrogen-bond acceptors (Lipinski definition) is 4. The Morgan fingerprint density at radius 2 is 2.05 bits per heavy atom. The van der Waals surface area contributed by atoms with E-state index in [-0.39, 0.29) is 16.9 Å². The van der Waals surface area contributed by atoms with Crippen molar-refractivity contribution < 1.29 is 17.9 Å². The normalized spacial score (nSPS) is 18.6. The fraction of sp³-hybridized carbons (Fsp3) is 0.500. The Morgan fingerprint density at radius 3 is 2.62 bits per heavy atom. The van der Waals surface area contributed by atoms with Crippen molar-refractivity contribution in [3.05, 3.63) is 29.8 Å². The van der Waals surface area contributed by atoms with E-state index in [0.717, 1.165) is 31.4 Å². The summed E-state index contributed by atoms with van der Waals surface area (Å²) in [5.41, 5.74) is 0.827. The molecule has 0 aromatic heterocycles. The molecule has 0 aliphatic carbocycles. The molecule has 3 N–H and O–H groups in total. The van der Waals surface area contributed by atoms with Crippen molar-refractivity contribution in [2.75, 3.05) is 6.61 Å². The average molecular weight is 312 g/mol. The lowest BCUT2D eigenvalue weighted by Gasteiger charge is -2.09. The zero-order valence-electron chi connectivity index (χ0n) is 11.7. The number of nitrogens with two attached hydrogens (primary N) is 1. The first-order chi connectivity index (χ1) is 9.95. The van der Waals surface area contributed by atoms with Crippen LogP contribution in [0.5, 0.6) is 0 Å². The number of ether oxygens (including phenoxy) is 1. The molecule has 6 nitrogen and oxygen atoms in total. The average Bonchev–Trinajstić information content (AvgIpc) is 2.95. The van der Waals surface area contributed by atoms with Crippen LogP contribution in [0, 0.1) is 0 Å². The quantitative estimate of drug-likeness (QED) is 0.815. The maximum absolute atomic E-state index is 11.7. The monoisotopic (exact) mass is 312 g/mol. The lowest BCUT2D eigenvalue weighted by Crippen LogP contribution is -2.24. The van der Waals surface area contributed by atoms with Crippen molar-refractivity contribution in [3.63, 3.8) is 0 Å². The van der Waals surface area contributed by atoms with E-state index in [1.807, 2.05) is 0 Å². The Labute approximate surface area is 124 Å². The zero-order valence-corrected chi connectivity index (χ0v) is 12.6. The number of benzene rings is 1. The highest BCUT2D eigenvalue weighted by molar-refractivity contribution is 7.89. The summed E-state index contributed by atoms with van der Waals surface area (Å²) in [6, 6.07) is 6.15. The third-order valence-electron chi connectivity index (χ3n) is 3.46. The van der Waals surface area contributed by atoms with Crippen molar-refractivity contribution in [3.8, 4) is 0 Å². The summed E-state index contributed by atoms with van der Waals surface area (Å²) in [7, 11) is -3.67. The van der Waals surface area contributed by atoms with Crippen molar-refractivity contribution in [1.82, 2.24) is 5.32 Å². The van der Waals surface area contributed by atoms with Gasteiger partial charge in [-0.2, -0.15) is 0 Å². The third-order valence-corrected chi connectivity index (χ3v) is 4.39. The number of sulfonamides is 1. The minimum Gasteiger partial charge on any atom is -0.378 e. The second-order valence-corrected chi connectivity index (χ2v) is 6.70. The Balaban J connectivity index is 1.75. The van der Waals surface area contributed by atoms with Gasteiger partial charge < -0.3 is 10.1 Å². The maximum Gasteiger partial charge on any atom is 0.238 e. The van der Waals surface area contributed by atoms with E-state index in [0.29, 0.717) is 13.0 Å². The van der Waals surface area contributed by atoms with Crippen LogP contribution in [0.25, 0.3) is 0 Å². The molecule has 1 aromatic rings. The van der Waals surface area contributed by atoms with Gasteiger partial charge in [-0.25, -0.2) is 13.6 Å². The maximum atomic E-state index is 11.7. The van der Waals surface area contributed by atoms with E-state index in [1.165, 1.54) is 12.1 Å². The lowest BCUT2D eigenvalue weighted by molar-refractivity contribution is -0.121. The van der Waals surface area contributed by atoms with Gasteiger partial charge in [0.05, 0.1) is 11.0 Å². The van der Waals surface area contributed by atoms with E-state index in [1.54, 1.807) is 12.1 Å². The molecule has 1 aliphatic rings. The Hall–Kier alpha value is -1.44. The number of carbonyl (C=O) groups excluding carboxylic acids is 1. The van der Waals surface area contributed by atoms with Gasteiger partial charge in [-0.05, 0) is 37.0 Å². The summed E-state index contributed by atoms with van der Waals surface area (Å²) >= 11 is 0. The van der Waals surface area contributed by atoms with E-state index in [2.05, 4.69) is 5.32 Å². The van der Waals surface area contributed by atoms with Crippen molar-refractivity contribution >= 4 is 15.9 Å². The summed E-state index contributed by atoms with van der Waals surface area (Å²) in [6.45, 7) is 1.16. The molecular formula is C14H20N2O4S. The van der Waals surface area contributed by atoms with Crippen LogP contribution < -0.4 is 10.5 Å². The molecule has 0 bridgehead atoms. The summed E-state index contributed by atoms with van der Waals surface area (Å²) in [5, 5.41) is 7.82. The number of primary sulfonamides is 1. The van der Waals surface area contributed by atoms with E-state index < -0.39 is 10.0 Å². The smallest absolute Gasteiger partial charge is 0.238 e. The van der Waals surface area contributed by atoms with Gasteiger partial charge in [0, 0.05) is 19.6 Å². The van der Waals surface area contributed by atoms with Crippen LogP contribution in [-0.2, 0) is 26.1 Å². The molecule has 1 aromatic carbocycles. The standard InChI is InChI=1S/C14H20N2O4S/c15-21(18,19)13-6-3-11(4-7-13)10-16-14(17)8-5-12-2-1-9-20-12/h3-4,6-7,12H,1-2,5,8-10H2,(H,16,17)(H2,15,18,19). The third kappa shape index (κ3) is 5.11. The summed E-state index contributed by atoms with van der Waals surface area (Å²) < 4.78 is 27.7. The summed E-state index contributed by atoms with van der Waals surface area (Å²) in [5.74, 6) is -0.0268. The molecule has 0 radical (unpaired) electrons. The van der Waals surface area contributed by atoms with E-state index in [9.17, 15) is 13.2 Å². The van der Waals surface area contributed by atoms with Gasteiger partial charge in [-0.1, -0.05) is 12.1 Å². The molecule has 1 amide bonds. The predicted octanol–water partition coefficient (Wildman–Crippen LogP) is 0.909. The Kier molecular flexibility index (Phi) is 5.33. The highest BCUT2D eigenvalue weighted by Gasteiger charge is 2.16. The van der Waals surface area contributed by atoms with Gasteiger partial charge in [-0.3, -0.25) is 4.79 Å². The predicted molar refractivity (Wildman–Crippen MR) is 77.9 cm³/mol. The van der Waals surface area contributed by atoms with E-state index in [4.69, 9.17) is 9.88 Å². The van der Waals surface area contributed by atoms with Crippen LogP contribution in [0.3, 0.4) is 0 Å². The largest absolute Gasteiger partial charge is 0.378 e. The zero-order chi connectivity index (χ0) is 15.3. The fourth-order valence-corrected chi connectivity index (χ4v) is 2.77. The first-order valence-electron chi connectivity index (χ1n) is 6.95. The van der Waals surface area contributed by atoms with Crippen LogP contribution in [0.15, 0.2) is 29.2 Å². The van der Waals surface area contributed by atoms with Gasteiger partial charge in [0.15, 0.2) is 0 Å². The summed E-state index contributed by atoms with van der Waals surface area (Å²) in [4.78, 5) is 11.8. The van der Waals surface area contributed by atoms with Crippen molar-refractivity contribution in [2.45, 2.75) is 43.2 Å². The molecular weight excluding hydrogens is 292 g/mol. The molecule has 1 saturated heterocycles. The molecule has 1 atom stereocenters. The van der Waals surface area contributed by atoms with Gasteiger partial charge in [0.1, 0.15) is 0 Å². The number of amides is 1. The molecule has 1 unspecified atom stereocenters. The number of rotatable bonds is 6. The lowest BCUT2D eigenvalue weighted by atomic mass is 10.1. The number of hydrogen-bond donors (Lipinski definition) is 2.